The fraction of sp³-hybridized carbons (Fsp3) is 0. The van der Waals surface area contributed by atoms with Gasteiger partial charge in [0.15, 0.2) is 17.5 Å². The van der Waals surface area contributed by atoms with Crippen LogP contribution in [0.25, 0.3) is 207 Å². The molecule has 0 radical (unpaired) electrons. The Morgan fingerprint density at radius 2 is 0.576 bits per heavy atom. The smallest absolute Gasteiger partial charge is 0.423 e. The quantitative estimate of drug-likeness (QED) is 0.129. The van der Waals surface area contributed by atoms with Gasteiger partial charge in [-0.15, -0.1) is 22.7 Å². The minimum absolute atomic E-state index is 0.0228. The van der Waals surface area contributed by atoms with Crippen molar-refractivity contribution in [3.8, 4) is 79.7 Å². The lowest BCUT2D eigenvalue weighted by Crippen LogP contribution is -2.30. The van der Waals surface area contributed by atoms with Gasteiger partial charge in [0, 0.05) is 117 Å². The van der Waals surface area contributed by atoms with E-state index in [9.17, 15) is 10.0 Å². The largest absolute Gasteiger partial charge is 0.489 e. The maximum absolute atomic E-state index is 10.4. The van der Waals surface area contributed by atoms with Gasteiger partial charge < -0.3 is 19.2 Å². The Hall–Kier alpha value is -14.5. The van der Waals surface area contributed by atoms with E-state index in [1.807, 2.05) is 137 Å². The van der Waals surface area contributed by atoms with Gasteiger partial charge in [-0.2, -0.15) is 24.9 Å². The van der Waals surface area contributed by atoms with Crippen LogP contribution in [-0.4, -0.2) is 65.3 Å². The van der Waals surface area contributed by atoms with E-state index in [1.165, 1.54) is 10.8 Å². The number of fused-ring (bicyclic) bond motifs is 18. The minimum Gasteiger partial charge on any atom is -0.423 e. The van der Waals surface area contributed by atoms with Crippen molar-refractivity contribution in [3.63, 3.8) is 0 Å². The number of para-hydroxylation sites is 8. The molecule has 8 heterocycles. The molecule has 16 aromatic carbocycles. The van der Waals surface area contributed by atoms with E-state index in [4.69, 9.17) is 40.3 Å². The number of hydrogen-bond donors (Lipinski definition) is 2. The van der Waals surface area contributed by atoms with Crippen LogP contribution in [0.1, 0.15) is 13.7 Å². The summed E-state index contributed by atoms with van der Waals surface area (Å²) in [5, 5.41) is 33.6. The zero-order valence-corrected chi connectivity index (χ0v) is 64.5. The van der Waals surface area contributed by atoms with E-state index in [0.29, 0.717) is 11.3 Å². The lowest BCUT2D eigenvalue weighted by Gasteiger charge is -2.14. The average Bonchev–Trinajstić information content (AvgIpc) is 1.56. The van der Waals surface area contributed by atoms with Gasteiger partial charge >= 0.3 is 7.12 Å². The number of hydrogen-bond acceptors (Lipinski definition) is 10. The molecule has 0 fully saturated rings. The number of thiophene rings is 2. The number of nitrogens with zero attached hydrogens (tertiary/aromatic N) is 10. The molecule has 0 bridgehead atoms. The molecule has 2 N–H and O–H groups in total. The summed E-state index contributed by atoms with van der Waals surface area (Å²) < 4.78 is 96.3. The summed E-state index contributed by atoms with van der Waals surface area (Å²) in [6, 6.07) is 103. The monoisotopic (exact) mass is 1580 g/mol. The van der Waals surface area contributed by atoms with Gasteiger partial charge in [-0.05, 0) is 107 Å². The minimum atomic E-state index is -1.57. The molecular formula is C102H64BClN10O2S2. The fourth-order valence-corrected chi connectivity index (χ4v) is 19.6. The Kier molecular flexibility index (Phi) is 14.8. The molecule has 24 rings (SSSR count). The summed E-state index contributed by atoms with van der Waals surface area (Å²) in [4.78, 5) is 28.3. The third kappa shape index (κ3) is 11.9. The normalized spacial score (nSPS) is 12.9. The van der Waals surface area contributed by atoms with Gasteiger partial charge in [-0.3, -0.25) is 9.13 Å². The van der Waals surface area contributed by atoms with Gasteiger partial charge in [0.1, 0.15) is 0 Å². The average molecular weight is 1580 g/mol. The molecule has 118 heavy (non-hydrogen) atoms. The summed E-state index contributed by atoms with van der Waals surface area (Å²) in [5.74, 6) is 0.647. The number of aromatic nitrogens is 10. The van der Waals surface area contributed by atoms with E-state index in [0.717, 1.165) is 156 Å². The number of halogens is 1. The second-order valence-corrected chi connectivity index (χ2v) is 30.8. The zero-order valence-electron chi connectivity index (χ0n) is 72.2. The van der Waals surface area contributed by atoms with Gasteiger partial charge in [0.05, 0.1) is 57.8 Å². The second-order valence-electron chi connectivity index (χ2n) is 28.4. The van der Waals surface area contributed by atoms with Crippen LogP contribution in [0, 0.1) is 0 Å². The molecule has 0 amide bonds. The molecule has 24 aromatic rings. The van der Waals surface area contributed by atoms with Crippen molar-refractivity contribution in [2.45, 2.75) is 0 Å². The third-order valence-corrected chi connectivity index (χ3v) is 24.5. The molecular weight excluding hydrogens is 1510 g/mol. The standard InChI is InChI=1S/C51H31N5S.C30H20BNO2S.C21H13ClN4/c1-3-16-32(17-4-1)35-24-15-25-40-41-30-34(55-43-26-11-7-20-36(43)37-21-8-12-27-44(37)55)31-42(48(41)57-47(35)40)50-52-49(33-18-5-2-6-19-33)53-51(54-50)56-45-28-13-9-22-38(45)39-23-10-14-29-46(39)56;33-31(34)26-18-20(32-27-15-6-4-11-22(27)23-12-5-7-16-28(23)32)17-25-24-14-8-13-21(29(24)35-30(25)26)19-9-2-1-3-10-19;22-20-23-19(14-8-2-1-3-9-14)24-21(25-20)26-17-12-6-4-10-15(17)16-11-5-7-13-18(16)26/h1-31H;1-18,33-34H;1-13H/i2D,5D,6D,18D,19D;;1D,2D,3D,8D,9D. The highest BCUT2D eigenvalue weighted by atomic mass is 35.5. The van der Waals surface area contributed by atoms with Crippen molar-refractivity contribution < 1.29 is 23.8 Å². The Morgan fingerprint density at radius 1 is 0.263 bits per heavy atom. The molecule has 0 aliphatic carbocycles. The Bertz CT molecular complexity index is 8500. The van der Waals surface area contributed by atoms with Gasteiger partial charge in [-0.1, -0.05) is 303 Å². The predicted octanol–water partition coefficient (Wildman–Crippen LogP) is 25.2. The van der Waals surface area contributed by atoms with Crippen LogP contribution in [0.5, 0.6) is 0 Å². The van der Waals surface area contributed by atoms with E-state index in [-0.39, 0.29) is 52.0 Å². The molecule has 0 saturated heterocycles. The van der Waals surface area contributed by atoms with Crippen molar-refractivity contribution in [1.29, 1.82) is 0 Å². The first-order valence-corrected chi connectivity index (χ1v) is 40.2. The van der Waals surface area contributed by atoms with Crippen molar-refractivity contribution in [3.05, 3.63) is 381 Å². The van der Waals surface area contributed by atoms with Crippen LogP contribution in [0.2, 0.25) is 5.28 Å². The molecule has 0 atom stereocenters. The second kappa shape index (κ2) is 29.1. The van der Waals surface area contributed by atoms with E-state index >= 15 is 0 Å². The topological polar surface area (TPSA) is 138 Å². The summed E-state index contributed by atoms with van der Waals surface area (Å²) >= 11 is 9.49. The lowest BCUT2D eigenvalue weighted by molar-refractivity contribution is 0.426. The maximum Gasteiger partial charge on any atom is 0.489 e. The Morgan fingerprint density at radius 3 is 0.975 bits per heavy atom. The van der Waals surface area contributed by atoms with E-state index in [1.54, 1.807) is 22.7 Å². The molecule has 0 saturated carbocycles. The fourth-order valence-electron chi connectivity index (χ4n) is 16.8. The van der Waals surface area contributed by atoms with Gasteiger partial charge in [0.25, 0.3) is 0 Å². The van der Waals surface area contributed by atoms with Crippen LogP contribution >= 0.6 is 34.3 Å². The molecule has 8 aromatic heterocycles. The Balaban J connectivity index is 0.000000124. The first-order valence-electron chi connectivity index (χ1n) is 43.2. The van der Waals surface area contributed by atoms with Crippen LogP contribution in [0.4, 0.5) is 0 Å². The molecule has 556 valence electrons. The third-order valence-electron chi connectivity index (χ3n) is 21.8. The van der Waals surface area contributed by atoms with Gasteiger partial charge in [-0.25, -0.2) is 4.98 Å². The van der Waals surface area contributed by atoms with E-state index in [2.05, 4.69) is 212 Å². The molecule has 0 unspecified atom stereocenters. The highest BCUT2D eigenvalue weighted by molar-refractivity contribution is 7.27. The summed E-state index contributed by atoms with van der Waals surface area (Å²) in [7, 11) is -1.57. The van der Waals surface area contributed by atoms with E-state index < -0.39 is 55.5 Å². The van der Waals surface area contributed by atoms with Crippen LogP contribution in [0.3, 0.4) is 0 Å². The van der Waals surface area contributed by atoms with Crippen molar-refractivity contribution >= 4 is 174 Å². The maximum atomic E-state index is 10.4. The summed E-state index contributed by atoms with van der Waals surface area (Å²) in [6.07, 6.45) is 0. The van der Waals surface area contributed by atoms with Crippen molar-refractivity contribution in [2.24, 2.45) is 0 Å². The van der Waals surface area contributed by atoms with Crippen LogP contribution in [-0.2, 0) is 0 Å². The highest BCUT2D eigenvalue weighted by Crippen LogP contribution is 2.48. The highest BCUT2D eigenvalue weighted by Gasteiger charge is 2.27. The first kappa shape index (κ1) is 60.1. The SMILES string of the molecule is OB(O)c1cc(-n2c3ccccc3c3ccccc32)cc2c1sc1c(-c3ccccc3)cccc12.[2H]c1c([2H])c([2H])c(-c2nc(-c3cc(-n4c5ccccc5c5ccccc54)cc4c3sc3c(-c5ccccc5)cccc34)nc(-n3c4ccccc4c4ccccc43)n2)c([2H])c1[2H].[2H]c1c([2H])c([2H])c(-c2nc(Cl)nc(-n3c4ccccc4c4ccccc43)n2)c([2H])c1[2H]. The lowest BCUT2D eigenvalue weighted by atomic mass is 9.79. The predicted molar refractivity (Wildman–Crippen MR) is 491 cm³/mol. The van der Waals surface area contributed by atoms with Crippen molar-refractivity contribution in [2.75, 3.05) is 0 Å². The summed E-state index contributed by atoms with van der Waals surface area (Å²) in [5.41, 5.74) is 15.0. The molecule has 0 aliphatic heterocycles. The first-order chi connectivity index (χ1) is 62.4. The molecule has 0 aliphatic rings. The van der Waals surface area contributed by atoms with Crippen molar-refractivity contribution in [1.82, 2.24) is 48.2 Å². The van der Waals surface area contributed by atoms with Crippen LogP contribution in [0.15, 0.2) is 376 Å². The zero-order chi connectivity index (χ0) is 87.2. The Labute approximate surface area is 702 Å². The molecule has 12 nitrogen and oxygen atoms in total. The number of benzene rings is 16. The molecule has 16 heteroatoms. The van der Waals surface area contributed by atoms with Crippen LogP contribution < -0.4 is 5.46 Å². The number of rotatable bonds is 10. The van der Waals surface area contributed by atoms with Gasteiger partial charge in [0.2, 0.25) is 17.2 Å². The summed E-state index contributed by atoms with van der Waals surface area (Å²) in [6.45, 7) is 0. The molecule has 0 spiro atoms.